The molecule has 1 aromatic rings. The van der Waals surface area contributed by atoms with Crippen LogP contribution in [0.25, 0.3) is 0 Å². The van der Waals surface area contributed by atoms with Crippen LogP contribution in [0.4, 0.5) is 0 Å². The fourth-order valence-corrected chi connectivity index (χ4v) is 2.95. The van der Waals surface area contributed by atoms with E-state index in [0.29, 0.717) is 12.0 Å². The molecule has 0 spiro atoms. The van der Waals surface area contributed by atoms with Crippen LogP contribution in [-0.2, 0) is 0 Å². The van der Waals surface area contributed by atoms with Crippen LogP contribution in [0.2, 0.25) is 0 Å². The Kier molecular flexibility index (Phi) is 2.52. The lowest BCUT2D eigenvalue weighted by molar-refractivity contribution is 0.191. The van der Waals surface area contributed by atoms with Crippen LogP contribution in [0.1, 0.15) is 36.8 Å². The van der Waals surface area contributed by atoms with Crippen molar-refractivity contribution in [3.63, 3.8) is 0 Å². The van der Waals surface area contributed by atoms with Crippen molar-refractivity contribution >= 4 is 0 Å². The largest absolute Gasteiger partial charge is 0.465 e. The van der Waals surface area contributed by atoms with Crippen molar-refractivity contribution in [2.45, 2.75) is 38.3 Å². The average Bonchev–Trinajstić information content (AvgIpc) is 2.89. The molecule has 2 aliphatic rings. The van der Waals surface area contributed by atoms with Crippen molar-refractivity contribution in [2.75, 3.05) is 13.1 Å². The Labute approximate surface area is 96.6 Å². The maximum Gasteiger partial charge on any atom is 0.121 e. The number of rotatable bonds is 3. The first kappa shape index (κ1) is 10.4. The summed E-state index contributed by atoms with van der Waals surface area (Å²) in [5.41, 5.74) is 5.88. The van der Waals surface area contributed by atoms with Gasteiger partial charge in [0, 0.05) is 6.04 Å². The number of furan rings is 1. The summed E-state index contributed by atoms with van der Waals surface area (Å²) in [7, 11) is 0. The van der Waals surface area contributed by atoms with Gasteiger partial charge in [0.05, 0.1) is 6.04 Å². The Morgan fingerprint density at radius 2 is 2.19 bits per heavy atom. The minimum atomic E-state index is 0.436. The molecule has 2 unspecified atom stereocenters. The van der Waals surface area contributed by atoms with Gasteiger partial charge in [0.15, 0.2) is 0 Å². The summed E-state index contributed by atoms with van der Waals surface area (Å²) in [6.45, 7) is 3.97. The van der Waals surface area contributed by atoms with Crippen molar-refractivity contribution in [2.24, 2.45) is 11.7 Å². The van der Waals surface area contributed by atoms with E-state index in [1.807, 2.05) is 6.92 Å². The Morgan fingerprint density at radius 1 is 1.38 bits per heavy atom. The molecule has 0 radical (unpaired) electrons. The number of likely N-dealkylation sites (tertiary alicyclic amines) is 1. The second-order valence-electron chi connectivity index (χ2n) is 5.15. The summed E-state index contributed by atoms with van der Waals surface area (Å²) in [5, 5.41) is 0. The maximum absolute atomic E-state index is 5.88. The van der Waals surface area contributed by atoms with Gasteiger partial charge in [-0.25, -0.2) is 0 Å². The summed E-state index contributed by atoms with van der Waals surface area (Å²) in [5.74, 6) is 2.71. The number of hydrogen-bond acceptors (Lipinski definition) is 3. The van der Waals surface area contributed by atoms with Crippen LogP contribution in [-0.4, -0.2) is 24.0 Å². The highest BCUT2D eigenvalue weighted by atomic mass is 16.3. The molecule has 2 N–H and O–H groups in total. The molecule has 0 aromatic carbocycles. The highest BCUT2D eigenvalue weighted by Gasteiger charge is 2.43. The topological polar surface area (TPSA) is 42.4 Å². The third-order valence-corrected chi connectivity index (χ3v) is 3.93. The maximum atomic E-state index is 5.88. The van der Waals surface area contributed by atoms with Crippen molar-refractivity contribution in [3.8, 4) is 0 Å². The molecule has 0 amide bonds. The van der Waals surface area contributed by atoms with Crippen LogP contribution in [0.5, 0.6) is 0 Å². The molecule has 3 heteroatoms. The second-order valence-corrected chi connectivity index (χ2v) is 5.15. The lowest BCUT2D eigenvalue weighted by Gasteiger charge is -2.25. The summed E-state index contributed by atoms with van der Waals surface area (Å²) in [6, 6.07) is 5.42. The lowest BCUT2D eigenvalue weighted by atomic mass is 9.98. The molecule has 2 atom stereocenters. The van der Waals surface area contributed by atoms with Crippen LogP contribution >= 0.6 is 0 Å². The van der Waals surface area contributed by atoms with E-state index in [1.54, 1.807) is 0 Å². The van der Waals surface area contributed by atoms with Gasteiger partial charge in [0.1, 0.15) is 11.5 Å². The summed E-state index contributed by atoms with van der Waals surface area (Å²) < 4.78 is 5.81. The summed E-state index contributed by atoms with van der Waals surface area (Å²) in [6.07, 6.45) is 3.93. The van der Waals surface area contributed by atoms with Gasteiger partial charge in [0.2, 0.25) is 0 Å². The summed E-state index contributed by atoms with van der Waals surface area (Å²) >= 11 is 0. The third kappa shape index (κ3) is 1.68. The number of nitrogens with two attached hydrogens (primary N) is 1. The van der Waals surface area contributed by atoms with Crippen LogP contribution in [0, 0.1) is 12.8 Å². The smallest absolute Gasteiger partial charge is 0.121 e. The molecular formula is C13H20N2O. The highest BCUT2D eigenvalue weighted by Crippen LogP contribution is 2.44. The quantitative estimate of drug-likeness (QED) is 0.848. The first-order valence-corrected chi connectivity index (χ1v) is 6.31. The third-order valence-electron chi connectivity index (χ3n) is 3.93. The van der Waals surface area contributed by atoms with E-state index in [-0.39, 0.29) is 0 Å². The Balaban J connectivity index is 1.87. The van der Waals surface area contributed by atoms with Gasteiger partial charge in [0.25, 0.3) is 0 Å². The fraction of sp³-hybridized carbons (Fsp3) is 0.692. The van der Waals surface area contributed by atoms with Crippen molar-refractivity contribution in [1.82, 2.24) is 4.90 Å². The molecule has 2 heterocycles. The highest BCUT2D eigenvalue weighted by molar-refractivity contribution is 5.14. The number of hydrogen-bond donors (Lipinski definition) is 1. The Hall–Kier alpha value is -0.800. The van der Waals surface area contributed by atoms with E-state index >= 15 is 0 Å². The zero-order valence-electron chi connectivity index (χ0n) is 9.86. The van der Waals surface area contributed by atoms with Gasteiger partial charge < -0.3 is 10.2 Å². The fourth-order valence-electron chi connectivity index (χ4n) is 2.95. The van der Waals surface area contributed by atoms with Gasteiger partial charge >= 0.3 is 0 Å². The van der Waals surface area contributed by atoms with Crippen molar-refractivity contribution in [1.29, 1.82) is 0 Å². The minimum absolute atomic E-state index is 0.436. The molecule has 3 rings (SSSR count). The molecule has 1 saturated heterocycles. The molecule has 3 nitrogen and oxygen atoms in total. The van der Waals surface area contributed by atoms with Gasteiger partial charge in [-0.05, 0) is 57.3 Å². The van der Waals surface area contributed by atoms with Gasteiger partial charge in [-0.2, -0.15) is 0 Å². The molecule has 2 fully saturated rings. The molecule has 16 heavy (non-hydrogen) atoms. The molecule has 88 valence electrons. The molecule has 1 aliphatic heterocycles. The van der Waals surface area contributed by atoms with Gasteiger partial charge in [-0.1, -0.05) is 0 Å². The van der Waals surface area contributed by atoms with Crippen LogP contribution in [0.3, 0.4) is 0 Å². The average molecular weight is 220 g/mol. The predicted octanol–water partition coefficient (Wildman–Crippen LogP) is 2.07. The first-order valence-electron chi connectivity index (χ1n) is 6.31. The van der Waals surface area contributed by atoms with Crippen LogP contribution in [0.15, 0.2) is 16.5 Å². The zero-order valence-corrected chi connectivity index (χ0v) is 9.86. The standard InChI is InChI=1S/C13H20N2O/c1-9-2-5-12(16-9)13-10(8-14)6-7-15(13)11-3-4-11/h2,5,10-11,13H,3-4,6-8,14H2,1H3. The van der Waals surface area contributed by atoms with E-state index in [2.05, 4.69) is 17.0 Å². The van der Waals surface area contributed by atoms with Crippen molar-refractivity contribution in [3.05, 3.63) is 23.7 Å². The van der Waals surface area contributed by atoms with E-state index in [9.17, 15) is 0 Å². The SMILES string of the molecule is Cc1ccc(C2C(CN)CCN2C2CC2)o1. The van der Waals surface area contributed by atoms with Gasteiger partial charge in [-0.15, -0.1) is 0 Å². The summed E-state index contributed by atoms with van der Waals surface area (Å²) in [4.78, 5) is 2.61. The zero-order chi connectivity index (χ0) is 11.1. The normalized spacial score (nSPS) is 31.1. The molecule has 1 aliphatic carbocycles. The van der Waals surface area contributed by atoms with E-state index in [1.165, 1.54) is 25.8 Å². The Bertz CT molecular complexity index is 370. The molecule has 0 bridgehead atoms. The second kappa shape index (κ2) is 3.90. The lowest BCUT2D eigenvalue weighted by Crippen LogP contribution is -2.29. The van der Waals surface area contributed by atoms with Gasteiger partial charge in [-0.3, -0.25) is 4.90 Å². The molecular weight excluding hydrogens is 200 g/mol. The number of aryl methyl sites for hydroxylation is 1. The van der Waals surface area contributed by atoms with Crippen LogP contribution < -0.4 is 5.73 Å². The van der Waals surface area contributed by atoms with E-state index < -0.39 is 0 Å². The number of nitrogens with zero attached hydrogens (tertiary/aromatic N) is 1. The molecule has 1 saturated carbocycles. The molecule has 1 aromatic heterocycles. The first-order chi connectivity index (χ1) is 7.79. The predicted molar refractivity (Wildman–Crippen MR) is 63.1 cm³/mol. The monoisotopic (exact) mass is 220 g/mol. The Morgan fingerprint density at radius 3 is 2.75 bits per heavy atom. The van der Waals surface area contributed by atoms with Crippen molar-refractivity contribution < 1.29 is 4.42 Å². The minimum Gasteiger partial charge on any atom is -0.465 e. The van der Waals surface area contributed by atoms with E-state index in [4.69, 9.17) is 10.2 Å². The van der Waals surface area contributed by atoms with E-state index in [0.717, 1.165) is 24.1 Å².